The summed E-state index contributed by atoms with van der Waals surface area (Å²) in [6.07, 6.45) is -2.46. The monoisotopic (exact) mass is 235 g/mol. The average Bonchev–Trinajstić information content (AvgIpc) is 2.61. The Morgan fingerprint density at radius 3 is 2.31 bits per heavy atom. The van der Waals surface area contributed by atoms with Gasteiger partial charge in [-0.2, -0.15) is 13.2 Å². The number of carbonyl (C=O) groups excluding carboxylic acids is 1. The Balaban J connectivity index is 2.11. The van der Waals surface area contributed by atoms with Gasteiger partial charge in [0.1, 0.15) is 5.71 Å². The van der Waals surface area contributed by atoms with E-state index < -0.39 is 18.4 Å². The molecule has 1 aliphatic heterocycles. The maximum atomic E-state index is 12.3. The lowest BCUT2D eigenvalue weighted by Crippen LogP contribution is -2.28. The largest absolute Gasteiger partial charge is 0.447 e. The van der Waals surface area contributed by atoms with Gasteiger partial charge in [-0.1, -0.05) is 19.3 Å². The standard InChI is InChI=1S/C10H12F3NO2/c11-10(12,13)9-14-7(8(15)16-9)6-4-2-1-3-5-6/h6,9H,1-5H2. The molecule has 16 heavy (non-hydrogen) atoms. The minimum absolute atomic E-state index is 0.0120. The molecule has 0 radical (unpaired) electrons. The molecule has 3 nitrogen and oxygen atoms in total. The molecule has 0 aromatic heterocycles. The molecule has 0 bridgehead atoms. The van der Waals surface area contributed by atoms with E-state index in [0.29, 0.717) is 0 Å². The smallest absolute Gasteiger partial charge is 0.425 e. The van der Waals surface area contributed by atoms with Crippen molar-refractivity contribution in [2.75, 3.05) is 0 Å². The summed E-state index contributed by atoms with van der Waals surface area (Å²) in [6.45, 7) is 0. The molecule has 1 unspecified atom stereocenters. The number of cyclic esters (lactones) is 1. The minimum atomic E-state index is -4.59. The van der Waals surface area contributed by atoms with Crippen LogP contribution >= 0.6 is 0 Å². The molecule has 0 amide bonds. The number of carbonyl (C=O) groups is 1. The molecule has 2 rings (SSSR count). The molecule has 0 N–H and O–H groups in total. The molecule has 6 heteroatoms. The quantitative estimate of drug-likeness (QED) is 0.655. The number of nitrogens with zero attached hydrogens (tertiary/aromatic N) is 1. The Bertz CT molecular complexity index is 319. The van der Waals surface area contributed by atoms with E-state index in [4.69, 9.17) is 0 Å². The fourth-order valence-electron chi connectivity index (χ4n) is 2.16. The summed E-state index contributed by atoms with van der Waals surface area (Å²) in [4.78, 5) is 14.7. The third-order valence-corrected chi connectivity index (χ3v) is 2.96. The van der Waals surface area contributed by atoms with Crippen molar-refractivity contribution >= 4 is 11.7 Å². The zero-order chi connectivity index (χ0) is 11.8. The second-order valence-electron chi connectivity index (χ2n) is 4.15. The highest BCUT2D eigenvalue weighted by atomic mass is 19.4. The van der Waals surface area contributed by atoms with Gasteiger partial charge >= 0.3 is 12.1 Å². The SMILES string of the molecule is O=C1OC(C(F)(F)F)N=C1C1CCCCC1. The van der Waals surface area contributed by atoms with Gasteiger partial charge in [-0.05, 0) is 12.8 Å². The van der Waals surface area contributed by atoms with Crippen LogP contribution in [0.25, 0.3) is 0 Å². The molecular formula is C10H12F3NO2. The minimum Gasteiger partial charge on any atom is -0.425 e. The zero-order valence-corrected chi connectivity index (χ0v) is 8.59. The van der Waals surface area contributed by atoms with Crippen LogP contribution in [0.4, 0.5) is 13.2 Å². The molecule has 1 saturated carbocycles. The van der Waals surface area contributed by atoms with Gasteiger partial charge in [-0.15, -0.1) is 0 Å². The van der Waals surface area contributed by atoms with Crippen molar-refractivity contribution in [3.8, 4) is 0 Å². The summed E-state index contributed by atoms with van der Waals surface area (Å²) >= 11 is 0. The highest BCUT2D eigenvalue weighted by Gasteiger charge is 2.48. The van der Waals surface area contributed by atoms with Crippen molar-refractivity contribution in [2.24, 2.45) is 10.9 Å². The second kappa shape index (κ2) is 4.07. The van der Waals surface area contributed by atoms with Crippen LogP contribution in [-0.2, 0) is 9.53 Å². The third-order valence-electron chi connectivity index (χ3n) is 2.96. The summed E-state index contributed by atoms with van der Waals surface area (Å²) in [5, 5.41) is 0. The third kappa shape index (κ3) is 2.20. The van der Waals surface area contributed by atoms with Crippen molar-refractivity contribution < 1.29 is 22.7 Å². The van der Waals surface area contributed by atoms with Gasteiger partial charge in [0.15, 0.2) is 0 Å². The predicted molar refractivity (Wildman–Crippen MR) is 49.9 cm³/mol. The first-order valence-electron chi connectivity index (χ1n) is 5.34. The van der Waals surface area contributed by atoms with Crippen molar-refractivity contribution in [1.29, 1.82) is 0 Å². The number of ether oxygens (including phenoxy) is 1. The number of hydrogen-bond donors (Lipinski definition) is 0. The lowest BCUT2D eigenvalue weighted by Gasteiger charge is -2.19. The Kier molecular flexibility index (Phi) is 2.90. The average molecular weight is 235 g/mol. The van der Waals surface area contributed by atoms with E-state index in [-0.39, 0.29) is 11.6 Å². The van der Waals surface area contributed by atoms with Crippen LogP contribution in [0, 0.1) is 5.92 Å². The maximum absolute atomic E-state index is 12.3. The number of esters is 1. The topological polar surface area (TPSA) is 38.7 Å². The Labute approximate surface area is 90.7 Å². The fraction of sp³-hybridized carbons (Fsp3) is 0.800. The number of aliphatic imine (C=N–C) groups is 1. The van der Waals surface area contributed by atoms with Crippen LogP contribution in [0.5, 0.6) is 0 Å². The van der Waals surface area contributed by atoms with Crippen LogP contribution in [0.3, 0.4) is 0 Å². The van der Waals surface area contributed by atoms with Crippen molar-refractivity contribution in [3.05, 3.63) is 0 Å². The first kappa shape index (κ1) is 11.4. The molecule has 90 valence electrons. The zero-order valence-electron chi connectivity index (χ0n) is 8.59. The van der Waals surface area contributed by atoms with E-state index in [1.807, 2.05) is 0 Å². The van der Waals surface area contributed by atoms with Gasteiger partial charge in [-0.25, -0.2) is 9.79 Å². The summed E-state index contributed by atoms with van der Waals surface area (Å²) in [5.41, 5.74) is -0.0120. The van der Waals surface area contributed by atoms with E-state index in [9.17, 15) is 18.0 Å². The van der Waals surface area contributed by atoms with E-state index in [2.05, 4.69) is 9.73 Å². The molecule has 0 saturated heterocycles. The number of halogens is 3. The number of hydrogen-bond acceptors (Lipinski definition) is 3. The van der Waals surface area contributed by atoms with Gasteiger partial charge in [0, 0.05) is 5.92 Å². The maximum Gasteiger partial charge on any atom is 0.447 e. The molecule has 1 fully saturated rings. The fourth-order valence-corrected chi connectivity index (χ4v) is 2.16. The van der Waals surface area contributed by atoms with Crippen LogP contribution in [0.15, 0.2) is 4.99 Å². The molecule has 1 heterocycles. The summed E-state index contributed by atoms with van der Waals surface area (Å²) in [5.74, 6) is -1.04. The lowest BCUT2D eigenvalue weighted by atomic mass is 9.86. The van der Waals surface area contributed by atoms with Crippen molar-refractivity contribution in [2.45, 2.75) is 44.5 Å². The van der Waals surface area contributed by atoms with E-state index >= 15 is 0 Å². The van der Waals surface area contributed by atoms with Gasteiger partial charge in [0.2, 0.25) is 0 Å². The Morgan fingerprint density at radius 1 is 1.19 bits per heavy atom. The van der Waals surface area contributed by atoms with Crippen LogP contribution in [-0.4, -0.2) is 24.1 Å². The highest BCUT2D eigenvalue weighted by molar-refractivity contribution is 6.38. The molecule has 0 aromatic carbocycles. The van der Waals surface area contributed by atoms with Gasteiger partial charge in [0.25, 0.3) is 6.23 Å². The second-order valence-corrected chi connectivity index (χ2v) is 4.15. The molecule has 1 atom stereocenters. The predicted octanol–water partition coefficient (Wildman–Crippen LogP) is 2.45. The molecule has 0 spiro atoms. The van der Waals surface area contributed by atoms with Crippen LogP contribution in [0.2, 0.25) is 0 Å². The number of rotatable bonds is 1. The van der Waals surface area contributed by atoms with E-state index in [1.54, 1.807) is 0 Å². The molecule has 2 aliphatic rings. The summed E-state index contributed by atoms with van der Waals surface area (Å²) in [6, 6.07) is 0. The first-order chi connectivity index (χ1) is 7.48. The first-order valence-corrected chi connectivity index (χ1v) is 5.34. The normalized spacial score (nSPS) is 27.8. The van der Waals surface area contributed by atoms with Crippen LogP contribution < -0.4 is 0 Å². The van der Waals surface area contributed by atoms with Crippen molar-refractivity contribution in [1.82, 2.24) is 0 Å². The Morgan fingerprint density at radius 2 is 1.81 bits per heavy atom. The molecule has 1 aliphatic carbocycles. The van der Waals surface area contributed by atoms with Crippen LogP contribution in [0.1, 0.15) is 32.1 Å². The molecular weight excluding hydrogens is 223 g/mol. The summed E-state index contributed by atoms with van der Waals surface area (Å²) < 4.78 is 41.1. The number of alkyl halides is 3. The van der Waals surface area contributed by atoms with Crippen molar-refractivity contribution in [3.63, 3.8) is 0 Å². The van der Waals surface area contributed by atoms with Gasteiger partial charge < -0.3 is 4.74 Å². The Hall–Kier alpha value is -1.07. The lowest BCUT2D eigenvalue weighted by molar-refractivity contribution is -0.210. The van der Waals surface area contributed by atoms with Gasteiger partial charge in [0.05, 0.1) is 0 Å². The van der Waals surface area contributed by atoms with E-state index in [1.165, 1.54) is 0 Å². The molecule has 0 aromatic rings. The van der Waals surface area contributed by atoms with E-state index in [0.717, 1.165) is 32.1 Å². The highest BCUT2D eigenvalue weighted by Crippen LogP contribution is 2.32. The van der Waals surface area contributed by atoms with Gasteiger partial charge in [-0.3, -0.25) is 0 Å². The summed E-state index contributed by atoms with van der Waals surface area (Å²) in [7, 11) is 0.